The van der Waals surface area contributed by atoms with E-state index in [1.54, 1.807) is 11.5 Å². The van der Waals surface area contributed by atoms with E-state index in [4.69, 9.17) is 5.21 Å². The zero-order chi connectivity index (χ0) is 20.0. The average molecular weight is 379 g/mol. The average Bonchev–Trinajstić information content (AvgIpc) is 2.58. The van der Waals surface area contributed by atoms with Gasteiger partial charge in [-0.25, -0.2) is 9.87 Å². The van der Waals surface area contributed by atoms with Crippen molar-refractivity contribution in [3.8, 4) is 0 Å². The summed E-state index contributed by atoms with van der Waals surface area (Å²) in [5.41, 5.74) is 2.29. The zero-order valence-corrected chi connectivity index (χ0v) is 15.7. The topological polar surface area (TPSA) is 108 Å². The van der Waals surface area contributed by atoms with Gasteiger partial charge in [0, 0.05) is 30.4 Å². The molecule has 4 N–H and O–H groups in total. The lowest BCUT2D eigenvalue weighted by Crippen LogP contribution is -2.33. The first-order chi connectivity index (χ1) is 12.7. The summed E-state index contributed by atoms with van der Waals surface area (Å²) in [6.45, 7) is 3.74. The van der Waals surface area contributed by atoms with Crippen molar-refractivity contribution in [3.05, 3.63) is 23.5 Å². The molecular weight excluding hydrogens is 353 g/mol. The molecule has 8 heteroatoms. The molecule has 0 spiro atoms. The monoisotopic (exact) mass is 379 g/mol. The highest BCUT2D eigenvalue weighted by Gasteiger charge is 2.34. The number of benzene rings is 1. The molecule has 1 aliphatic rings. The molecule has 0 aromatic heterocycles. The normalized spacial score (nSPS) is 14.9. The van der Waals surface area contributed by atoms with Gasteiger partial charge in [-0.2, -0.15) is 0 Å². The number of unbranched alkanes of at least 4 members (excludes halogenated alkanes) is 3. The van der Waals surface area contributed by atoms with Crippen LogP contribution >= 0.6 is 0 Å². The minimum absolute atomic E-state index is 0.182. The molecule has 0 unspecified atom stereocenters. The van der Waals surface area contributed by atoms with E-state index in [1.165, 1.54) is 6.07 Å². The van der Waals surface area contributed by atoms with Gasteiger partial charge in [-0.05, 0) is 30.5 Å². The number of amides is 3. The smallest absolute Gasteiger partial charge is 0.243 e. The molecule has 7 nitrogen and oxygen atoms in total. The minimum atomic E-state index is -0.564. The molecule has 1 aromatic rings. The molecule has 0 aliphatic carbocycles. The van der Waals surface area contributed by atoms with Crippen molar-refractivity contribution in [1.29, 1.82) is 0 Å². The molecule has 3 amide bonds. The Kier molecular flexibility index (Phi) is 6.90. The fourth-order valence-electron chi connectivity index (χ4n) is 3.22. The van der Waals surface area contributed by atoms with Gasteiger partial charge < -0.3 is 10.6 Å². The second-order valence-corrected chi connectivity index (χ2v) is 7.49. The number of fused-ring (bicyclic) bond motifs is 1. The van der Waals surface area contributed by atoms with Crippen molar-refractivity contribution in [3.63, 3.8) is 0 Å². The maximum absolute atomic E-state index is 14.4. The predicted molar refractivity (Wildman–Crippen MR) is 98.9 cm³/mol. The van der Waals surface area contributed by atoms with Gasteiger partial charge in [-0.15, -0.1) is 0 Å². The third-order valence-corrected chi connectivity index (χ3v) is 4.65. The van der Waals surface area contributed by atoms with Crippen LogP contribution in [0.25, 0.3) is 0 Å². The van der Waals surface area contributed by atoms with E-state index in [-0.39, 0.29) is 30.3 Å². The Hall–Kier alpha value is -2.48. The van der Waals surface area contributed by atoms with Crippen molar-refractivity contribution in [1.82, 2.24) is 5.48 Å². The third kappa shape index (κ3) is 5.75. The van der Waals surface area contributed by atoms with Crippen LogP contribution in [0.1, 0.15) is 64.4 Å². The molecule has 0 bridgehead atoms. The molecule has 27 heavy (non-hydrogen) atoms. The first kappa shape index (κ1) is 20.8. The number of anilines is 2. The van der Waals surface area contributed by atoms with Crippen molar-refractivity contribution < 1.29 is 24.0 Å². The molecule has 148 valence electrons. The van der Waals surface area contributed by atoms with E-state index in [0.29, 0.717) is 30.5 Å². The Balaban J connectivity index is 1.87. The van der Waals surface area contributed by atoms with Crippen LogP contribution in [-0.2, 0) is 19.8 Å². The molecule has 1 heterocycles. The van der Waals surface area contributed by atoms with E-state index in [2.05, 4.69) is 10.6 Å². The fraction of sp³-hybridized carbons (Fsp3) is 0.526. The summed E-state index contributed by atoms with van der Waals surface area (Å²) < 4.78 is 14.4. The molecular formula is C19H26FN3O4. The first-order valence-electron chi connectivity index (χ1n) is 9.09. The number of hydrogen-bond donors (Lipinski definition) is 4. The van der Waals surface area contributed by atoms with Crippen molar-refractivity contribution in [2.24, 2.45) is 0 Å². The third-order valence-electron chi connectivity index (χ3n) is 4.65. The summed E-state index contributed by atoms with van der Waals surface area (Å²) in [7, 11) is 0. The highest BCUT2D eigenvalue weighted by atomic mass is 19.1. The van der Waals surface area contributed by atoms with Crippen molar-refractivity contribution in [2.45, 2.75) is 64.2 Å². The fourth-order valence-corrected chi connectivity index (χ4v) is 3.22. The largest absolute Gasteiger partial charge is 0.326 e. The maximum Gasteiger partial charge on any atom is 0.243 e. The number of carbonyl (C=O) groups is 3. The highest BCUT2D eigenvalue weighted by molar-refractivity contribution is 5.97. The molecule has 1 aromatic carbocycles. The van der Waals surface area contributed by atoms with Gasteiger partial charge in [0.25, 0.3) is 0 Å². The van der Waals surface area contributed by atoms with E-state index < -0.39 is 17.1 Å². The quantitative estimate of drug-likeness (QED) is 0.316. The van der Waals surface area contributed by atoms with Crippen LogP contribution in [0.5, 0.6) is 0 Å². The lowest BCUT2D eigenvalue weighted by Gasteiger charge is -2.32. The number of carbonyl (C=O) groups excluding carboxylic acids is 3. The maximum atomic E-state index is 14.4. The van der Waals surface area contributed by atoms with E-state index >= 15 is 0 Å². The minimum Gasteiger partial charge on any atom is -0.326 e. The molecule has 0 saturated heterocycles. The molecule has 2 rings (SSSR count). The van der Waals surface area contributed by atoms with Gasteiger partial charge in [0.05, 0.1) is 5.69 Å². The van der Waals surface area contributed by atoms with Crippen LogP contribution in [0.4, 0.5) is 15.8 Å². The zero-order valence-electron chi connectivity index (χ0n) is 15.7. The summed E-state index contributed by atoms with van der Waals surface area (Å²) in [6.07, 6.45) is 3.66. The standard InChI is InChI=1S/C19H26FN3O4/c1-19(2)11-17(26)22-18-13(19)9-12(10-14(18)20)21-15(24)7-5-3-4-6-8-16(25)23-27/h9-10,27H,3-8,11H2,1-2H3,(H,21,24)(H,22,26)(H,23,25). The highest BCUT2D eigenvalue weighted by Crippen LogP contribution is 2.40. The number of hydroxylamine groups is 1. The second-order valence-electron chi connectivity index (χ2n) is 7.49. The van der Waals surface area contributed by atoms with E-state index in [1.807, 2.05) is 13.8 Å². The van der Waals surface area contributed by atoms with Crippen molar-refractivity contribution >= 4 is 29.1 Å². The van der Waals surface area contributed by atoms with Crippen LogP contribution < -0.4 is 16.1 Å². The first-order valence-corrected chi connectivity index (χ1v) is 9.09. The van der Waals surface area contributed by atoms with E-state index in [9.17, 15) is 18.8 Å². The number of halogens is 1. The Morgan fingerprint density at radius 3 is 2.41 bits per heavy atom. The van der Waals surface area contributed by atoms with Gasteiger partial charge in [0.1, 0.15) is 5.82 Å². The van der Waals surface area contributed by atoms with Crippen LogP contribution in [-0.4, -0.2) is 22.9 Å². The lowest BCUT2D eigenvalue weighted by atomic mass is 9.77. The Bertz CT molecular complexity index is 734. The molecule has 0 radical (unpaired) electrons. The van der Waals surface area contributed by atoms with Crippen LogP contribution in [0.15, 0.2) is 12.1 Å². The Morgan fingerprint density at radius 2 is 1.78 bits per heavy atom. The number of rotatable bonds is 8. The van der Waals surface area contributed by atoms with Crippen LogP contribution in [0, 0.1) is 5.82 Å². The van der Waals surface area contributed by atoms with Crippen LogP contribution in [0.2, 0.25) is 0 Å². The second kappa shape index (κ2) is 8.94. The summed E-state index contributed by atoms with van der Waals surface area (Å²) in [5, 5.41) is 13.7. The molecule has 1 aliphatic heterocycles. The van der Waals surface area contributed by atoms with Gasteiger partial charge in [-0.3, -0.25) is 19.6 Å². The van der Waals surface area contributed by atoms with Gasteiger partial charge in [0.2, 0.25) is 17.7 Å². The SMILES string of the molecule is CC1(C)CC(=O)Nc2c(F)cc(NC(=O)CCCCCCC(=O)NO)cc21. The Morgan fingerprint density at radius 1 is 1.15 bits per heavy atom. The summed E-state index contributed by atoms with van der Waals surface area (Å²) in [4.78, 5) is 34.7. The Labute approximate surface area is 157 Å². The number of hydrogen-bond acceptors (Lipinski definition) is 4. The van der Waals surface area contributed by atoms with Crippen molar-refractivity contribution in [2.75, 3.05) is 10.6 Å². The summed E-state index contributed by atoms with van der Waals surface area (Å²) in [6, 6.07) is 2.93. The van der Waals surface area contributed by atoms with Gasteiger partial charge in [0.15, 0.2) is 0 Å². The summed E-state index contributed by atoms with van der Waals surface area (Å²) >= 11 is 0. The predicted octanol–water partition coefficient (Wildman–Crippen LogP) is 3.23. The molecule has 0 saturated carbocycles. The van der Waals surface area contributed by atoms with E-state index in [0.717, 1.165) is 12.8 Å². The lowest BCUT2D eigenvalue weighted by molar-refractivity contribution is -0.129. The van der Waals surface area contributed by atoms with Gasteiger partial charge >= 0.3 is 0 Å². The molecule has 0 atom stereocenters. The van der Waals surface area contributed by atoms with Crippen LogP contribution in [0.3, 0.4) is 0 Å². The molecule has 0 fully saturated rings. The van der Waals surface area contributed by atoms with Gasteiger partial charge in [-0.1, -0.05) is 26.7 Å². The number of nitrogens with one attached hydrogen (secondary N) is 3. The summed E-state index contributed by atoms with van der Waals surface area (Å²) in [5.74, 6) is -1.41.